The lowest BCUT2D eigenvalue weighted by molar-refractivity contribution is -0.134. The van der Waals surface area contributed by atoms with Crippen LogP contribution in [0.5, 0.6) is 0 Å². The second kappa shape index (κ2) is 13.1. The van der Waals surface area contributed by atoms with Crippen LogP contribution in [-0.2, 0) is 16.0 Å². The van der Waals surface area contributed by atoms with Gasteiger partial charge in [-0.15, -0.1) is 0 Å². The number of hydrogen-bond acceptors (Lipinski definition) is 5. The molecule has 40 heavy (non-hydrogen) atoms. The van der Waals surface area contributed by atoms with Gasteiger partial charge in [-0.05, 0) is 23.3 Å². The van der Waals surface area contributed by atoms with Gasteiger partial charge in [-0.2, -0.15) is 0 Å². The number of nitrogens with one attached hydrogen (secondary N) is 2. The zero-order chi connectivity index (χ0) is 28.5. The van der Waals surface area contributed by atoms with E-state index in [4.69, 9.17) is 5.73 Å². The number of carbonyl (C=O) groups is 4. The molecule has 5 N–H and O–H groups in total. The Hall–Kier alpha value is -5.08. The number of nitrogens with two attached hydrogens (primary N) is 1. The Labute approximate surface area is 231 Å². The van der Waals surface area contributed by atoms with E-state index in [0.717, 1.165) is 0 Å². The number of aliphatic hydroxyl groups excluding tert-OH is 1. The molecular formula is C32H29N3O5. The van der Waals surface area contributed by atoms with E-state index < -0.39 is 35.9 Å². The number of amides is 3. The summed E-state index contributed by atoms with van der Waals surface area (Å²) in [6.45, 7) is 0. The summed E-state index contributed by atoms with van der Waals surface area (Å²) in [6.07, 6.45) is -1.68. The predicted octanol–water partition coefficient (Wildman–Crippen LogP) is 2.96. The average Bonchev–Trinajstić information content (AvgIpc) is 3.00. The van der Waals surface area contributed by atoms with Crippen LogP contribution in [0.15, 0.2) is 115 Å². The molecule has 0 aliphatic rings. The molecule has 0 fully saturated rings. The summed E-state index contributed by atoms with van der Waals surface area (Å²) >= 11 is 0. The average molecular weight is 536 g/mol. The van der Waals surface area contributed by atoms with E-state index in [2.05, 4.69) is 10.6 Å². The maximum atomic E-state index is 13.1. The van der Waals surface area contributed by atoms with E-state index in [1.165, 1.54) is 0 Å². The normalized spacial score (nSPS) is 12.9. The number of hydrogen-bond donors (Lipinski definition) is 4. The lowest BCUT2D eigenvalue weighted by Crippen LogP contribution is -2.52. The van der Waals surface area contributed by atoms with Gasteiger partial charge >= 0.3 is 0 Å². The molecule has 3 atom stereocenters. The molecule has 0 aromatic heterocycles. The Morgan fingerprint density at radius 1 is 0.650 bits per heavy atom. The van der Waals surface area contributed by atoms with Crippen LogP contribution >= 0.6 is 0 Å². The summed E-state index contributed by atoms with van der Waals surface area (Å²) in [5.74, 6) is -2.28. The van der Waals surface area contributed by atoms with Gasteiger partial charge in [0.1, 0.15) is 6.04 Å². The molecule has 0 aliphatic heterocycles. The van der Waals surface area contributed by atoms with E-state index >= 15 is 0 Å². The molecule has 0 saturated heterocycles. The molecule has 8 heteroatoms. The van der Waals surface area contributed by atoms with Crippen LogP contribution in [0.25, 0.3) is 0 Å². The Morgan fingerprint density at radius 3 is 1.70 bits per heavy atom. The van der Waals surface area contributed by atoms with Crippen molar-refractivity contribution < 1.29 is 24.3 Å². The smallest absolute Gasteiger partial charge is 0.252 e. The molecular weight excluding hydrogens is 506 g/mol. The van der Waals surface area contributed by atoms with Gasteiger partial charge in [0, 0.05) is 23.1 Å². The van der Waals surface area contributed by atoms with Gasteiger partial charge < -0.3 is 21.5 Å². The van der Waals surface area contributed by atoms with Gasteiger partial charge in [0.05, 0.1) is 6.04 Å². The Balaban J connectivity index is 1.47. The first kappa shape index (κ1) is 27.9. The first-order chi connectivity index (χ1) is 19.3. The topological polar surface area (TPSA) is 139 Å². The van der Waals surface area contributed by atoms with Crippen LogP contribution < -0.4 is 16.4 Å². The third-order valence-corrected chi connectivity index (χ3v) is 6.42. The fraction of sp³-hybridized carbons (Fsp3) is 0.125. The lowest BCUT2D eigenvalue weighted by Gasteiger charge is -2.26. The molecule has 4 aromatic rings. The Kier molecular flexibility index (Phi) is 9.17. The van der Waals surface area contributed by atoms with E-state index in [1.807, 2.05) is 6.07 Å². The number of aliphatic hydroxyl groups is 1. The minimum absolute atomic E-state index is 0.0416. The van der Waals surface area contributed by atoms with Crippen molar-refractivity contribution in [1.29, 1.82) is 0 Å². The molecule has 0 radical (unpaired) electrons. The standard InChI is InChI=1S/C32H29N3O5/c33-30(38)26(20-21-16-18-24(19-17-21)28(36)23-12-6-2-7-13-23)34-32(40)29(37)27(22-10-4-1-5-11-22)35-31(39)25-14-8-3-9-15-25/h1-19,26-27,29,37H,20H2,(H2,33,38)(H,34,40)(H,35,39)/t26-,27+,29-/m1/s1. The fourth-order valence-corrected chi connectivity index (χ4v) is 4.23. The second-order valence-electron chi connectivity index (χ2n) is 9.23. The zero-order valence-electron chi connectivity index (χ0n) is 21.6. The largest absolute Gasteiger partial charge is 0.381 e. The van der Waals surface area contributed by atoms with Crippen LogP contribution in [-0.4, -0.2) is 40.8 Å². The molecule has 0 heterocycles. The number of ketones is 1. The number of carbonyl (C=O) groups excluding carboxylic acids is 4. The molecule has 8 nitrogen and oxygen atoms in total. The maximum absolute atomic E-state index is 13.1. The Morgan fingerprint density at radius 2 is 1.15 bits per heavy atom. The van der Waals surface area contributed by atoms with Crippen LogP contribution in [0, 0.1) is 0 Å². The van der Waals surface area contributed by atoms with Crippen molar-refractivity contribution in [2.75, 3.05) is 0 Å². The highest BCUT2D eigenvalue weighted by molar-refractivity contribution is 6.09. The number of primary amides is 1. The second-order valence-corrected chi connectivity index (χ2v) is 9.23. The van der Waals surface area contributed by atoms with E-state index in [1.54, 1.807) is 109 Å². The highest BCUT2D eigenvalue weighted by atomic mass is 16.3. The molecule has 0 saturated carbocycles. The zero-order valence-corrected chi connectivity index (χ0v) is 21.6. The van der Waals surface area contributed by atoms with E-state index in [9.17, 15) is 24.3 Å². The highest BCUT2D eigenvalue weighted by Crippen LogP contribution is 2.19. The summed E-state index contributed by atoms with van der Waals surface area (Å²) in [5.41, 5.74) is 8.12. The van der Waals surface area contributed by atoms with Gasteiger partial charge in [0.2, 0.25) is 5.91 Å². The van der Waals surface area contributed by atoms with Crippen molar-refractivity contribution in [3.05, 3.63) is 143 Å². The molecule has 0 spiro atoms. The van der Waals surface area contributed by atoms with Crippen LogP contribution in [0.1, 0.15) is 43.4 Å². The fourth-order valence-electron chi connectivity index (χ4n) is 4.23. The van der Waals surface area contributed by atoms with Crippen molar-refractivity contribution in [2.45, 2.75) is 24.6 Å². The van der Waals surface area contributed by atoms with E-state index in [-0.39, 0.29) is 12.2 Å². The van der Waals surface area contributed by atoms with Crippen molar-refractivity contribution >= 4 is 23.5 Å². The summed E-state index contributed by atoms with van der Waals surface area (Å²) in [5, 5.41) is 16.2. The van der Waals surface area contributed by atoms with Gasteiger partial charge in [-0.1, -0.05) is 103 Å². The highest BCUT2D eigenvalue weighted by Gasteiger charge is 2.31. The maximum Gasteiger partial charge on any atom is 0.252 e. The van der Waals surface area contributed by atoms with Gasteiger partial charge in [-0.25, -0.2) is 0 Å². The molecule has 0 bridgehead atoms. The molecule has 3 amide bonds. The number of benzene rings is 4. The van der Waals surface area contributed by atoms with Gasteiger partial charge in [0.25, 0.3) is 11.8 Å². The summed E-state index contributed by atoms with van der Waals surface area (Å²) in [7, 11) is 0. The SMILES string of the molecule is NC(=O)[C@@H](Cc1ccc(C(=O)c2ccccc2)cc1)NC(=O)[C@H](O)[C@@H](NC(=O)c1ccccc1)c1ccccc1. The van der Waals surface area contributed by atoms with Crippen LogP contribution in [0.4, 0.5) is 0 Å². The minimum atomic E-state index is -1.72. The molecule has 0 unspecified atom stereocenters. The molecule has 202 valence electrons. The van der Waals surface area contributed by atoms with Crippen molar-refractivity contribution in [3.63, 3.8) is 0 Å². The van der Waals surface area contributed by atoms with Crippen molar-refractivity contribution in [2.24, 2.45) is 5.73 Å². The monoisotopic (exact) mass is 535 g/mol. The summed E-state index contributed by atoms with van der Waals surface area (Å²) < 4.78 is 0. The van der Waals surface area contributed by atoms with Crippen molar-refractivity contribution in [3.8, 4) is 0 Å². The summed E-state index contributed by atoms with van der Waals surface area (Å²) in [4.78, 5) is 50.9. The molecule has 0 aliphatic carbocycles. The van der Waals surface area contributed by atoms with Crippen molar-refractivity contribution in [1.82, 2.24) is 10.6 Å². The first-order valence-corrected chi connectivity index (χ1v) is 12.7. The van der Waals surface area contributed by atoms with Crippen LogP contribution in [0.2, 0.25) is 0 Å². The number of rotatable bonds is 11. The first-order valence-electron chi connectivity index (χ1n) is 12.7. The Bertz CT molecular complexity index is 1460. The van der Waals surface area contributed by atoms with Gasteiger partial charge in [-0.3, -0.25) is 19.2 Å². The third-order valence-electron chi connectivity index (χ3n) is 6.42. The quantitative estimate of drug-likeness (QED) is 0.219. The molecule has 4 rings (SSSR count). The van der Waals surface area contributed by atoms with Crippen LogP contribution in [0.3, 0.4) is 0 Å². The molecule has 4 aromatic carbocycles. The van der Waals surface area contributed by atoms with E-state index in [0.29, 0.717) is 27.8 Å². The third kappa shape index (κ3) is 7.06. The van der Waals surface area contributed by atoms with Gasteiger partial charge in [0.15, 0.2) is 11.9 Å². The predicted molar refractivity (Wildman–Crippen MR) is 150 cm³/mol. The summed E-state index contributed by atoms with van der Waals surface area (Å²) in [6, 6.07) is 30.3. The minimum Gasteiger partial charge on any atom is -0.381 e. The lowest BCUT2D eigenvalue weighted by atomic mass is 9.98.